The smallest absolute Gasteiger partial charge is 0.137 e. The van der Waals surface area contributed by atoms with Crippen LogP contribution in [0.4, 0.5) is 11.6 Å². The quantitative estimate of drug-likeness (QED) is 0.904. The van der Waals surface area contributed by atoms with Crippen molar-refractivity contribution in [3.63, 3.8) is 0 Å². The Morgan fingerprint density at radius 1 is 1.43 bits per heavy atom. The van der Waals surface area contributed by atoms with Crippen molar-refractivity contribution in [1.29, 1.82) is 0 Å². The third-order valence-corrected chi connectivity index (χ3v) is 4.24. The standard InChI is InChI=1S/C16H28N4O/c1-6-17-14-13(12(2)3)15(19-11-18-14)20-9-7-8-16(4,10-20)21-5/h11-12H,6-10H2,1-5H3,(H,17,18,19). The molecule has 5 heteroatoms. The number of methoxy groups -OCH3 is 1. The molecule has 0 aliphatic carbocycles. The molecule has 1 unspecified atom stereocenters. The Morgan fingerprint density at radius 3 is 2.81 bits per heavy atom. The largest absolute Gasteiger partial charge is 0.377 e. The summed E-state index contributed by atoms with van der Waals surface area (Å²) in [7, 11) is 1.80. The van der Waals surface area contributed by atoms with Gasteiger partial charge in [0.2, 0.25) is 0 Å². The third-order valence-electron chi connectivity index (χ3n) is 4.24. The van der Waals surface area contributed by atoms with E-state index < -0.39 is 0 Å². The average Bonchev–Trinajstić information content (AvgIpc) is 2.47. The van der Waals surface area contributed by atoms with Gasteiger partial charge in [0, 0.05) is 32.3 Å². The number of hydrogen-bond donors (Lipinski definition) is 1. The minimum Gasteiger partial charge on any atom is -0.377 e. The Morgan fingerprint density at radius 2 is 2.19 bits per heavy atom. The van der Waals surface area contributed by atoms with Crippen LogP contribution in [0.15, 0.2) is 6.33 Å². The van der Waals surface area contributed by atoms with Crippen molar-refractivity contribution in [2.75, 3.05) is 37.0 Å². The summed E-state index contributed by atoms with van der Waals surface area (Å²) in [6.45, 7) is 11.4. The summed E-state index contributed by atoms with van der Waals surface area (Å²) >= 11 is 0. The van der Waals surface area contributed by atoms with Crippen molar-refractivity contribution in [3.8, 4) is 0 Å². The maximum absolute atomic E-state index is 5.71. The van der Waals surface area contributed by atoms with Gasteiger partial charge in [-0.3, -0.25) is 0 Å². The summed E-state index contributed by atoms with van der Waals surface area (Å²) in [6.07, 6.45) is 3.89. The Hall–Kier alpha value is -1.36. The minimum atomic E-state index is -0.0875. The minimum absolute atomic E-state index is 0.0875. The summed E-state index contributed by atoms with van der Waals surface area (Å²) in [5.74, 6) is 2.40. The number of rotatable bonds is 5. The fourth-order valence-electron chi connectivity index (χ4n) is 3.03. The molecule has 0 radical (unpaired) electrons. The van der Waals surface area contributed by atoms with Crippen molar-refractivity contribution in [2.45, 2.75) is 52.1 Å². The Balaban J connectivity index is 2.36. The van der Waals surface area contributed by atoms with Crippen molar-refractivity contribution in [3.05, 3.63) is 11.9 Å². The monoisotopic (exact) mass is 292 g/mol. The van der Waals surface area contributed by atoms with E-state index in [1.165, 1.54) is 5.56 Å². The van der Waals surface area contributed by atoms with E-state index in [0.717, 1.165) is 44.1 Å². The molecule has 5 nitrogen and oxygen atoms in total. The number of nitrogens with one attached hydrogen (secondary N) is 1. The van der Waals surface area contributed by atoms with E-state index in [-0.39, 0.29) is 5.60 Å². The van der Waals surface area contributed by atoms with Gasteiger partial charge in [-0.05, 0) is 32.6 Å². The molecule has 2 heterocycles. The Bertz CT molecular complexity index is 477. The summed E-state index contributed by atoms with van der Waals surface area (Å²) in [4.78, 5) is 11.4. The van der Waals surface area contributed by atoms with E-state index in [1.54, 1.807) is 13.4 Å². The van der Waals surface area contributed by atoms with E-state index in [4.69, 9.17) is 4.74 Å². The highest BCUT2D eigenvalue weighted by Crippen LogP contribution is 2.34. The molecule has 1 aromatic heterocycles. The van der Waals surface area contributed by atoms with Crippen LogP contribution in [0, 0.1) is 0 Å². The van der Waals surface area contributed by atoms with E-state index in [9.17, 15) is 0 Å². The van der Waals surface area contributed by atoms with Gasteiger partial charge in [0.05, 0.1) is 5.60 Å². The molecule has 1 fully saturated rings. The van der Waals surface area contributed by atoms with Crippen LogP contribution in [0.2, 0.25) is 0 Å². The Kier molecular flexibility index (Phi) is 5.04. The maximum atomic E-state index is 5.71. The molecule has 1 aliphatic rings. The van der Waals surface area contributed by atoms with Gasteiger partial charge in [-0.25, -0.2) is 9.97 Å². The van der Waals surface area contributed by atoms with Crippen molar-refractivity contribution >= 4 is 11.6 Å². The molecule has 1 N–H and O–H groups in total. The van der Waals surface area contributed by atoms with Crippen molar-refractivity contribution in [2.24, 2.45) is 0 Å². The van der Waals surface area contributed by atoms with Gasteiger partial charge < -0.3 is 15.0 Å². The zero-order chi connectivity index (χ0) is 15.5. The molecule has 0 aromatic carbocycles. The van der Waals surface area contributed by atoms with E-state index in [1.807, 2.05) is 0 Å². The maximum Gasteiger partial charge on any atom is 0.137 e. The van der Waals surface area contributed by atoms with Crippen LogP contribution in [0.3, 0.4) is 0 Å². The first-order chi connectivity index (χ1) is 10.0. The molecule has 21 heavy (non-hydrogen) atoms. The SMILES string of the molecule is CCNc1ncnc(N2CCCC(C)(OC)C2)c1C(C)C. The van der Waals surface area contributed by atoms with Gasteiger partial charge in [0.15, 0.2) is 0 Å². The summed E-state index contributed by atoms with van der Waals surface area (Å²) < 4.78 is 5.71. The zero-order valence-electron chi connectivity index (χ0n) is 13.9. The molecule has 1 aliphatic heterocycles. The lowest BCUT2D eigenvalue weighted by molar-refractivity contribution is -0.00485. The zero-order valence-corrected chi connectivity index (χ0v) is 13.9. The normalized spacial score (nSPS) is 22.7. The molecular formula is C16H28N4O. The van der Waals surface area contributed by atoms with Crippen molar-refractivity contribution in [1.82, 2.24) is 9.97 Å². The second-order valence-corrected chi connectivity index (χ2v) is 6.32. The predicted octanol–water partition coefficient (Wildman–Crippen LogP) is 3.04. The van der Waals surface area contributed by atoms with Crippen molar-refractivity contribution < 1.29 is 4.74 Å². The van der Waals surface area contributed by atoms with Gasteiger partial charge >= 0.3 is 0 Å². The van der Waals surface area contributed by atoms with Crippen LogP contribution in [-0.2, 0) is 4.74 Å². The van der Waals surface area contributed by atoms with Gasteiger partial charge in [-0.15, -0.1) is 0 Å². The topological polar surface area (TPSA) is 50.3 Å². The molecule has 1 saturated heterocycles. The first kappa shape index (κ1) is 16.0. The van der Waals surface area contributed by atoms with Crippen LogP contribution in [0.25, 0.3) is 0 Å². The second kappa shape index (κ2) is 6.60. The van der Waals surface area contributed by atoms with Gasteiger partial charge in [-0.1, -0.05) is 13.8 Å². The third kappa shape index (κ3) is 3.46. The second-order valence-electron chi connectivity index (χ2n) is 6.32. The molecule has 2 rings (SSSR count). The lowest BCUT2D eigenvalue weighted by Gasteiger charge is -2.41. The van der Waals surface area contributed by atoms with E-state index in [2.05, 4.69) is 47.9 Å². The summed E-state index contributed by atoms with van der Waals surface area (Å²) in [5, 5.41) is 3.36. The van der Waals surface area contributed by atoms with Crippen LogP contribution < -0.4 is 10.2 Å². The van der Waals surface area contributed by atoms with Gasteiger partial charge in [0.1, 0.15) is 18.0 Å². The average molecular weight is 292 g/mol. The van der Waals surface area contributed by atoms with Crippen LogP contribution in [-0.4, -0.2) is 42.3 Å². The summed E-state index contributed by atoms with van der Waals surface area (Å²) in [6, 6.07) is 0. The lowest BCUT2D eigenvalue weighted by Crippen LogP contribution is -2.48. The number of nitrogens with zero attached hydrogens (tertiary/aromatic N) is 3. The predicted molar refractivity (Wildman–Crippen MR) is 87.1 cm³/mol. The molecule has 0 spiro atoms. The Labute approximate surface area is 128 Å². The summed E-state index contributed by atoms with van der Waals surface area (Å²) in [5.41, 5.74) is 1.12. The number of hydrogen-bond acceptors (Lipinski definition) is 5. The van der Waals surface area contributed by atoms with Gasteiger partial charge in [0.25, 0.3) is 0 Å². The highest BCUT2D eigenvalue weighted by molar-refractivity contribution is 5.60. The molecule has 1 aromatic rings. The molecular weight excluding hydrogens is 264 g/mol. The lowest BCUT2D eigenvalue weighted by atomic mass is 9.93. The number of piperidine rings is 1. The van der Waals surface area contributed by atoms with E-state index in [0.29, 0.717) is 5.92 Å². The fraction of sp³-hybridized carbons (Fsp3) is 0.750. The van der Waals surface area contributed by atoms with E-state index >= 15 is 0 Å². The number of anilines is 2. The number of ether oxygens (including phenoxy) is 1. The molecule has 0 saturated carbocycles. The van der Waals surface area contributed by atoms with Gasteiger partial charge in [-0.2, -0.15) is 0 Å². The van der Waals surface area contributed by atoms with Crippen LogP contribution in [0.1, 0.15) is 52.0 Å². The van der Waals surface area contributed by atoms with Crippen LogP contribution in [0.5, 0.6) is 0 Å². The molecule has 118 valence electrons. The first-order valence-corrected chi connectivity index (χ1v) is 7.89. The first-order valence-electron chi connectivity index (χ1n) is 7.89. The number of aromatic nitrogens is 2. The highest BCUT2D eigenvalue weighted by Gasteiger charge is 2.33. The van der Waals surface area contributed by atoms with Crippen LogP contribution >= 0.6 is 0 Å². The molecule has 0 amide bonds. The fourth-order valence-corrected chi connectivity index (χ4v) is 3.03. The highest BCUT2D eigenvalue weighted by atomic mass is 16.5. The molecule has 1 atom stereocenters. The molecule has 0 bridgehead atoms.